The lowest BCUT2D eigenvalue weighted by Gasteiger charge is -2.30. The predicted molar refractivity (Wildman–Crippen MR) is 138 cm³/mol. The fraction of sp³-hybridized carbons (Fsp3) is 0.143. The van der Waals surface area contributed by atoms with Crippen molar-refractivity contribution in [3.8, 4) is 33.8 Å². The highest BCUT2D eigenvalue weighted by molar-refractivity contribution is 7.68. The van der Waals surface area contributed by atoms with E-state index in [9.17, 15) is 9.13 Å². The summed E-state index contributed by atoms with van der Waals surface area (Å²) in [5.41, 5.74) is 3.89. The summed E-state index contributed by atoms with van der Waals surface area (Å²) in [4.78, 5) is 0. The van der Waals surface area contributed by atoms with Crippen LogP contribution in [0.1, 0.15) is 12.8 Å². The van der Waals surface area contributed by atoms with Gasteiger partial charge in [-0.15, -0.1) is 0 Å². The summed E-state index contributed by atoms with van der Waals surface area (Å²) in [6.45, 7) is 0. The molecule has 0 amide bonds. The molecule has 0 radical (unpaired) electrons. The Balaban J connectivity index is 1.22. The van der Waals surface area contributed by atoms with Crippen molar-refractivity contribution in [1.82, 2.24) is 0 Å². The van der Waals surface area contributed by atoms with Gasteiger partial charge in [-0.05, 0) is 48.2 Å². The quantitative estimate of drug-likeness (QED) is 0.223. The molecule has 0 bridgehead atoms. The third-order valence-corrected chi connectivity index (χ3v) is 11.6. The number of rotatable bonds is 5. The molecule has 4 aromatic rings. The number of fused-ring (bicyclic) bond motifs is 6. The molecule has 4 nitrogen and oxygen atoms in total. The second kappa shape index (κ2) is 8.31. The van der Waals surface area contributed by atoms with E-state index >= 15 is 0 Å². The zero-order chi connectivity index (χ0) is 23.2. The molecule has 170 valence electrons. The lowest BCUT2D eigenvalue weighted by Crippen LogP contribution is -2.21. The van der Waals surface area contributed by atoms with Gasteiger partial charge in [0.25, 0.3) is 14.7 Å². The molecule has 2 aliphatic heterocycles. The molecule has 0 saturated heterocycles. The molecule has 0 aromatic heterocycles. The van der Waals surface area contributed by atoms with Crippen molar-refractivity contribution in [1.29, 1.82) is 0 Å². The number of hydrogen-bond acceptors (Lipinski definition) is 4. The van der Waals surface area contributed by atoms with Gasteiger partial charge in [0.2, 0.25) is 0 Å². The third-order valence-electron chi connectivity index (χ3n) is 6.54. The van der Waals surface area contributed by atoms with Crippen molar-refractivity contribution in [2.75, 3.05) is 12.3 Å². The van der Waals surface area contributed by atoms with Gasteiger partial charge in [-0.2, -0.15) is 0 Å². The molecule has 0 spiro atoms. The van der Waals surface area contributed by atoms with Gasteiger partial charge in [-0.3, -0.25) is 9.13 Å². The van der Waals surface area contributed by atoms with Crippen LogP contribution in [0.3, 0.4) is 0 Å². The molecule has 0 N–H and O–H groups in total. The molecule has 2 atom stereocenters. The highest BCUT2D eigenvalue weighted by atomic mass is 31.2. The summed E-state index contributed by atoms with van der Waals surface area (Å²) in [5.74, 6) is 1.33. The van der Waals surface area contributed by atoms with E-state index in [1.807, 2.05) is 97.1 Å². The summed E-state index contributed by atoms with van der Waals surface area (Å²) in [5, 5.41) is 1.54. The van der Waals surface area contributed by atoms with Crippen LogP contribution in [0.15, 0.2) is 97.1 Å². The second-order valence-corrected chi connectivity index (χ2v) is 13.6. The lowest BCUT2D eigenvalue weighted by molar-refractivity contribution is 0.482. The first kappa shape index (κ1) is 21.5. The van der Waals surface area contributed by atoms with Gasteiger partial charge >= 0.3 is 0 Å². The fourth-order valence-electron chi connectivity index (χ4n) is 4.92. The van der Waals surface area contributed by atoms with Gasteiger partial charge in [-0.25, -0.2) is 0 Å². The first-order valence-electron chi connectivity index (χ1n) is 11.5. The van der Waals surface area contributed by atoms with E-state index in [0.29, 0.717) is 36.7 Å². The maximum atomic E-state index is 14.0. The second-order valence-electron chi connectivity index (χ2n) is 8.71. The van der Waals surface area contributed by atoms with Crippen LogP contribution in [0.5, 0.6) is 11.5 Å². The van der Waals surface area contributed by atoms with E-state index in [1.54, 1.807) is 0 Å². The normalized spacial score (nSPS) is 21.8. The number of hydrogen-bond donors (Lipinski definition) is 0. The summed E-state index contributed by atoms with van der Waals surface area (Å²) in [6.07, 6.45) is 2.06. The van der Waals surface area contributed by atoms with Crippen LogP contribution in [0.4, 0.5) is 0 Å². The summed E-state index contributed by atoms with van der Waals surface area (Å²) in [6, 6.07) is 31.1. The minimum atomic E-state index is -3.08. The Morgan fingerprint density at radius 1 is 0.471 bits per heavy atom. The van der Waals surface area contributed by atoms with E-state index in [0.717, 1.165) is 32.9 Å². The van der Waals surface area contributed by atoms with Gasteiger partial charge in [0.15, 0.2) is 0 Å². The van der Waals surface area contributed by atoms with Crippen LogP contribution >= 0.6 is 14.7 Å². The summed E-state index contributed by atoms with van der Waals surface area (Å²) >= 11 is 0. The average Bonchev–Trinajstić information content (AvgIpc) is 2.87. The third kappa shape index (κ3) is 3.54. The van der Waals surface area contributed by atoms with Crippen molar-refractivity contribution < 1.29 is 18.2 Å². The predicted octanol–water partition coefficient (Wildman–Crippen LogP) is 7.09. The van der Waals surface area contributed by atoms with Crippen LogP contribution in [-0.4, -0.2) is 12.3 Å². The molecule has 0 aliphatic carbocycles. The molecule has 34 heavy (non-hydrogen) atoms. The van der Waals surface area contributed by atoms with Crippen LogP contribution < -0.4 is 19.7 Å². The lowest BCUT2D eigenvalue weighted by atomic mass is 10.0. The Kier molecular flexibility index (Phi) is 5.25. The van der Waals surface area contributed by atoms with E-state index in [1.165, 1.54) is 0 Å². The first-order valence-corrected chi connectivity index (χ1v) is 15.1. The number of unbranched alkanes of at least 4 members (excludes halogenated alkanes) is 1. The molecule has 0 fully saturated rings. The van der Waals surface area contributed by atoms with Crippen molar-refractivity contribution >= 4 is 25.3 Å². The Bertz CT molecular complexity index is 1380. The van der Waals surface area contributed by atoms with Crippen LogP contribution in [0.2, 0.25) is 0 Å². The highest BCUT2D eigenvalue weighted by Crippen LogP contribution is 2.57. The minimum absolute atomic E-state index is 0.399. The van der Waals surface area contributed by atoms with E-state index in [-0.39, 0.29) is 0 Å². The van der Waals surface area contributed by atoms with E-state index < -0.39 is 14.7 Å². The van der Waals surface area contributed by atoms with Gasteiger partial charge in [-0.1, -0.05) is 72.8 Å². The summed E-state index contributed by atoms with van der Waals surface area (Å²) in [7, 11) is -6.15. The molecular weight excluding hydrogens is 462 g/mol. The van der Waals surface area contributed by atoms with Crippen LogP contribution in [0, 0.1) is 0 Å². The Labute approximate surface area is 199 Å². The zero-order valence-electron chi connectivity index (χ0n) is 18.6. The van der Waals surface area contributed by atoms with Crippen molar-refractivity contribution in [2.45, 2.75) is 12.8 Å². The fourth-order valence-corrected chi connectivity index (χ4v) is 9.77. The highest BCUT2D eigenvalue weighted by Gasteiger charge is 2.37. The maximum Gasteiger partial charge on any atom is 0.277 e. The largest absolute Gasteiger partial charge is 0.439 e. The SMILES string of the molecule is O=P1(CCCCP2(=O)Oc3ccccc3-c3ccccc32)Oc2ccccc2-c2ccccc21. The standard InChI is InChI=1S/C28H24O4P2/c29-33(27-17-7-3-13-23(27)21-11-1-5-15-25(21)31-33)19-9-10-20-34(30)28-18-8-4-14-24(28)22-12-2-6-16-26(22)32-34/h1-8,11-18H,9-10,19-20H2. The minimum Gasteiger partial charge on any atom is -0.439 e. The molecule has 2 unspecified atom stereocenters. The van der Waals surface area contributed by atoms with Crippen LogP contribution in [0.25, 0.3) is 22.3 Å². The molecule has 0 saturated carbocycles. The Morgan fingerprint density at radius 3 is 1.26 bits per heavy atom. The first-order chi connectivity index (χ1) is 16.6. The van der Waals surface area contributed by atoms with Crippen molar-refractivity contribution in [3.05, 3.63) is 97.1 Å². The Hall–Kier alpha value is -3.06. The van der Waals surface area contributed by atoms with E-state index in [4.69, 9.17) is 9.05 Å². The molecule has 6 rings (SSSR count). The molecule has 2 heterocycles. The monoisotopic (exact) mass is 486 g/mol. The van der Waals surface area contributed by atoms with Gasteiger partial charge in [0.1, 0.15) is 11.5 Å². The molecule has 4 aromatic carbocycles. The maximum absolute atomic E-state index is 14.0. The topological polar surface area (TPSA) is 52.6 Å². The van der Waals surface area contributed by atoms with Gasteiger partial charge in [0, 0.05) is 23.5 Å². The molecule has 2 aliphatic rings. The van der Waals surface area contributed by atoms with Crippen molar-refractivity contribution in [2.24, 2.45) is 0 Å². The zero-order valence-corrected chi connectivity index (χ0v) is 20.4. The van der Waals surface area contributed by atoms with Crippen molar-refractivity contribution in [3.63, 3.8) is 0 Å². The molecule has 6 heteroatoms. The average molecular weight is 486 g/mol. The smallest absolute Gasteiger partial charge is 0.277 e. The van der Waals surface area contributed by atoms with Crippen LogP contribution in [-0.2, 0) is 9.13 Å². The Morgan fingerprint density at radius 2 is 0.824 bits per heavy atom. The van der Waals surface area contributed by atoms with Gasteiger partial charge in [0.05, 0.1) is 10.6 Å². The number of para-hydroxylation sites is 2. The van der Waals surface area contributed by atoms with E-state index in [2.05, 4.69) is 0 Å². The van der Waals surface area contributed by atoms with Gasteiger partial charge < -0.3 is 9.05 Å². The summed E-state index contributed by atoms with van der Waals surface area (Å²) < 4.78 is 40.2. The molecular formula is C28H24O4P2. The number of benzene rings is 4.